The molecule has 0 amide bonds. The number of benzene rings is 3. The Labute approximate surface area is 177 Å². The maximum Gasteiger partial charge on any atom is 0.263 e. The highest BCUT2D eigenvalue weighted by molar-refractivity contribution is 9.10. The topological polar surface area (TPSA) is 84.0 Å². The van der Waals surface area contributed by atoms with E-state index in [-0.39, 0.29) is 10.7 Å². The fourth-order valence-electron chi connectivity index (χ4n) is 2.80. The van der Waals surface area contributed by atoms with Gasteiger partial charge in [-0.05, 0) is 55.0 Å². The van der Waals surface area contributed by atoms with Crippen LogP contribution < -0.4 is 10.0 Å². The number of para-hydroxylation sites is 2. The zero-order valence-electron chi connectivity index (χ0n) is 15.4. The van der Waals surface area contributed by atoms with Crippen molar-refractivity contribution in [3.8, 4) is 0 Å². The van der Waals surface area contributed by atoms with E-state index in [0.29, 0.717) is 16.9 Å². The highest BCUT2D eigenvalue weighted by Crippen LogP contribution is 2.28. The first kappa shape index (κ1) is 19.4. The Bertz CT molecular complexity index is 1290. The number of hydrogen-bond acceptors (Lipinski definition) is 5. The lowest BCUT2D eigenvalue weighted by atomic mass is 10.2. The van der Waals surface area contributed by atoms with Crippen LogP contribution in [0.5, 0.6) is 0 Å². The van der Waals surface area contributed by atoms with Crippen LogP contribution in [0.15, 0.2) is 82.2 Å². The minimum Gasteiger partial charge on any atom is -0.337 e. The third-order valence-corrected chi connectivity index (χ3v) is 6.52. The molecule has 0 saturated heterocycles. The minimum atomic E-state index is -3.81. The van der Waals surface area contributed by atoms with Gasteiger partial charge in [0.15, 0.2) is 11.6 Å². The van der Waals surface area contributed by atoms with Crippen molar-refractivity contribution in [2.45, 2.75) is 11.8 Å². The summed E-state index contributed by atoms with van der Waals surface area (Å²) in [5.74, 6) is 0.457. The van der Waals surface area contributed by atoms with Gasteiger partial charge in [0.2, 0.25) is 0 Å². The number of fused-ring (bicyclic) bond motifs is 1. The number of nitrogens with zero attached hydrogens (tertiary/aromatic N) is 2. The van der Waals surface area contributed by atoms with Crippen LogP contribution in [-0.4, -0.2) is 18.4 Å². The summed E-state index contributed by atoms with van der Waals surface area (Å²) in [4.78, 5) is 9.24. The fourth-order valence-corrected chi connectivity index (χ4v) is 4.08. The molecule has 1 aromatic heterocycles. The molecule has 0 aliphatic rings. The molecule has 3 aromatic carbocycles. The van der Waals surface area contributed by atoms with Crippen molar-refractivity contribution in [1.29, 1.82) is 0 Å². The highest BCUT2D eigenvalue weighted by atomic mass is 79.9. The Hall–Kier alpha value is -2.97. The smallest absolute Gasteiger partial charge is 0.263 e. The second-order valence-corrected chi connectivity index (χ2v) is 8.95. The summed E-state index contributed by atoms with van der Waals surface area (Å²) < 4.78 is 29.2. The molecule has 0 unspecified atom stereocenters. The zero-order chi connectivity index (χ0) is 20.4. The van der Waals surface area contributed by atoms with Gasteiger partial charge in [0.05, 0.1) is 15.9 Å². The molecule has 0 aliphatic carbocycles. The van der Waals surface area contributed by atoms with Gasteiger partial charge in [0, 0.05) is 10.2 Å². The van der Waals surface area contributed by atoms with E-state index in [0.717, 1.165) is 15.7 Å². The summed E-state index contributed by atoms with van der Waals surface area (Å²) >= 11 is 3.48. The fraction of sp³-hybridized carbons (Fsp3) is 0.0476. The van der Waals surface area contributed by atoms with Crippen LogP contribution in [0.25, 0.3) is 11.0 Å². The van der Waals surface area contributed by atoms with Gasteiger partial charge in [-0.1, -0.05) is 46.3 Å². The minimum absolute atomic E-state index is 0.133. The third-order valence-electron chi connectivity index (χ3n) is 4.28. The Morgan fingerprint density at radius 3 is 2.10 bits per heavy atom. The van der Waals surface area contributed by atoms with Crippen molar-refractivity contribution in [2.75, 3.05) is 10.0 Å². The van der Waals surface area contributed by atoms with Gasteiger partial charge >= 0.3 is 0 Å². The van der Waals surface area contributed by atoms with Crippen LogP contribution in [0.1, 0.15) is 5.56 Å². The van der Waals surface area contributed by atoms with E-state index in [9.17, 15) is 8.42 Å². The van der Waals surface area contributed by atoms with Crippen molar-refractivity contribution in [3.63, 3.8) is 0 Å². The third kappa shape index (κ3) is 4.23. The molecule has 29 heavy (non-hydrogen) atoms. The molecule has 6 nitrogen and oxygen atoms in total. The van der Waals surface area contributed by atoms with Crippen LogP contribution in [0, 0.1) is 6.92 Å². The Morgan fingerprint density at radius 2 is 1.45 bits per heavy atom. The number of sulfonamides is 1. The first-order valence-electron chi connectivity index (χ1n) is 8.80. The molecular weight excluding hydrogens is 452 g/mol. The lowest BCUT2D eigenvalue weighted by Crippen LogP contribution is -2.16. The molecule has 0 bridgehead atoms. The van der Waals surface area contributed by atoms with Gasteiger partial charge in [-0.3, -0.25) is 4.72 Å². The van der Waals surface area contributed by atoms with E-state index in [2.05, 4.69) is 35.9 Å². The Balaban J connectivity index is 1.79. The zero-order valence-corrected chi connectivity index (χ0v) is 17.8. The molecule has 146 valence electrons. The van der Waals surface area contributed by atoms with E-state index in [4.69, 9.17) is 0 Å². The molecule has 8 heteroatoms. The average Bonchev–Trinajstić information content (AvgIpc) is 2.71. The number of anilines is 3. The molecule has 0 fully saturated rings. The summed E-state index contributed by atoms with van der Waals surface area (Å²) in [5.41, 5.74) is 3.06. The van der Waals surface area contributed by atoms with Crippen LogP contribution in [0.2, 0.25) is 0 Å². The molecule has 1 heterocycles. The average molecular weight is 469 g/mol. The number of hydrogen-bond donors (Lipinski definition) is 2. The number of rotatable bonds is 5. The van der Waals surface area contributed by atoms with Crippen LogP contribution in [-0.2, 0) is 10.0 Å². The van der Waals surface area contributed by atoms with Crippen molar-refractivity contribution < 1.29 is 8.42 Å². The second-order valence-electron chi connectivity index (χ2n) is 6.42. The van der Waals surface area contributed by atoms with Crippen LogP contribution >= 0.6 is 15.9 Å². The maximum atomic E-state index is 12.8. The molecule has 0 atom stereocenters. The van der Waals surface area contributed by atoms with Crippen molar-refractivity contribution in [1.82, 2.24) is 9.97 Å². The monoisotopic (exact) mass is 468 g/mol. The molecule has 0 spiro atoms. The first-order valence-corrected chi connectivity index (χ1v) is 11.1. The quantitative estimate of drug-likeness (QED) is 0.418. The van der Waals surface area contributed by atoms with Gasteiger partial charge in [-0.15, -0.1) is 0 Å². The maximum absolute atomic E-state index is 12.8. The van der Waals surface area contributed by atoms with E-state index < -0.39 is 10.0 Å². The summed E-state index contributed by atoms with van der Waals surface area (Å²) in [7, 11) is -3.81. The van der Waals surface area contributed by atoms with Gasteiger partial charge in [-0.25, -0.2) is 18.4 Å². The van der Waals surface area contributed by atoms with Crippen molar-refractivity contribution in [2.24, 2.45) is 0 Å². The van der Waals surface area contributed by atoms with E-state index in [1.165, 1.54) is 12.1 Å². The number of halogens is 1. The molecular formula is C21H17BrN4O2S. The SMILES string of the molecule is Cc1cc(Nc2nc3ccccc3nc2NS(=O)(=O)c2ccccc2)ccc1Br. The van der Waals surface area contributed by atoms with Gasteiger partial charge in [0.25, 0.3) is 10.0 Å². The Morgan fingerprint density at radius 1 is 0.828 bits per heavy atom. The first-order chi connectivity index (χ1) is 13.9. The molecule has 4 aromatic rings. The molecule has 2 N–H and O–H groups in total. The van der Waals surface area contributed by atoms with Gasteiger partial charge < -0.3 is 5.32 Å². The van der Waals surface area contributed by atoms with Gasteiger partial charge in [-0.2, -0.15) is 0 Å². The number of nitrogens with one attached hydrogen (secondary N) is 2. The Kier molecular flexibility index (Phi) is 5.21. The van der Waals surface area contributed by atoms with Crippen LogP contribution in [0.4, 0.5) is 17.3 Å². The highest BCUT2D eigenvalue weighted by Gasteiger charge is 2.18. The molecule has 4 rings (SSSR count). The second kappa shape index (κ2) is 7.81. The number of aryl methyl sites for hydroxylation is 1. The predicted octanol–water partition coefficient (Wildman–Crippen LogP) is 5.25. The lowest BCUT2D eigenvalue weighted by Gasteiger charge is -2.14. The lowest BCUT2D eigenvalue weighted by molar-refractivity contribution is 0.601. The van der Waals surface area contributed by atoms with Crippen LogP contribution in [0.3, 0.4) is 0 Å². The van der Waals surface area contributed by atoms with E-state index in [1.54, 1.807) is 24.3 Å². The largest absolute Gasteiger partial charge is 0.337 e. The van der Waals surface area contributed by atoms with Crippen molar-refractivity contribution >= 4 is 54.3 Å². The summed E-state index contributed by atoms with van der Waals surface area (Å²) in [6, 6.07) is 21.2. The summed E-state index contributed by atoms with van der Waals surface area (Å²) in [5, 5.41) is 3.19. The van der Waals surface area contributed by atoms with E-state index >= 15 is 0 Å². The molecule has 0 saturated carbocycles. The normalized spacial score (nSPS) is 11.4. The van der Waals surface area contributed by atoms with Gasteiger partial charge in [0.1, 0.15) is 0 Å². The molecule has 0 radical (unpaired) electrons. The predicted molar refractivity (Wildman–Crippen MR) is 119 cm³/mol. The van der Waals surface area contributed by atoms with Crippen molar-refractivity contribution in [3.05, 3.63) is 82.8 Å². The molecule has 0 aliphatic heterocycles. The standard InChI is InChI=1S/C21H17BrN4O2S/c1-14-13-15(11-12-17(14)22)23-20-21(25-19-10-6-5-9-18(19)24-20)26-29(27,28)16-7-3-2-4-8-16/h2-13H,1H3,(H,23,24)(H,25,26). The van der Waals surface area contributed by atoms with E-state index in [1.807, 2.05) is 43.3 Å². The summed E-state index contributed by atoms with van der Waals surface area (Å²) in [6.45, 7) is 1.97. The summed E-state index contributed by atoms with van der Waals surface area (Å²) in [6.07, 6.45) is 0. The number of aromatic nitrogens is 2.